The standard InChI is InChI=1S/C24H31N3O5/c1-2-29-18-20(28)15-26(16-21-9-6-12-31-21)17-22-23(19-7-4-3-5-8-19)25-32-24(22)27-10-13-30-14-11-27/h3-9,12,20,28H,2,10-11,13-18H2,1H3/t20-/m1/s1. The summed E-state index contributed by atoms with van der Waals surface area (Å²) in [7, 11) is 0. The molecule has 3 aromatic rings. The van der Waals surface area contributed by atoms with Gasteiger partial charge < -0.3 is 28.4 Å². The van der Waals surface area contributed by atoms with Gasteiger partial charge in [-0.1, -0.05) is 35.5 Å². The van der Waals surface area contributed by atoms with Gasteiger partial charge in [-0.3, -0.25) is 4.90 Å². The lowest BCUT2D eigenvalue weighted by Gasteiger charge is -2.29. The van der Waals surface area contributed by atoms with Crippen molar-refractivity contribution in [3.8, 4) is 11.3 Å². The molecule has 0 spiro atoms. The van der Waals surface area contributed by atoms with E-state index in [0.717, 1.165) is 41.6 Å². The highest BCUT2D eigenvalue weighted by Gasteiger charge is 2.26. The van der Waals surface area contributed by atoms with Crippen LogP contribution in [0.3, 0.4) is 0 Å². The molecule has 1 fully saturated rings. The average Bonchev–Trinajstić information content (AvgIpc) is 3.49. The number of hydrogen-bond acceptors (Lipinski definition) is 8. The lowest BCUT2D eigenvalue weighted by Crippen LogP contribution is -2.38. The van der Waals surface area contributed by atoms with Crippen LogP contribution in [0.5, 0.6) is 0 Å². The summed E-state index contributed by atoms with van der Waals surface area (Å²) < 4.78 is 22.4. The van der Waals surface area contributed by atoms with Gasteiger partial charge in [0.05, 0.1) is 44.3 Å². The van der Waals surface area contributed by atoms with Crippen molar-refractivity contribution in [1.29, 1.82) is 0 Å². The minimum atomic E-state index is -0.614. The van der Waals surface area contributed by atoms with Crippen molar-refractivity contribution in [1.82, 2.24) is 10.1 Å². The summed E-state index contributed by atoms with van der Waals surface area (Å²) in [5.41, 5.74) is 2.81. The quantitative estimate of drug-likeness (QED) is 0.486. The van der Waals surface area contributed by atoms with Crippen LogP contribution in [0.25, 0.3) is 11.3 Å². The molecule has 32 heavy (non-hydrogen) atoms. The SMILES string of the molecule is CCOC[C@H](O)CN(Cc1ccco1)Cc1c(-c2ccccc2)noc1N1CCOCC1. The Labute approximate surface area is 188 Å². The first-order valence-electron chi connectivity index (χ1n) is 11.1. The highest BCUT2D eigenvalue weighted by Crippen LogP contribution is 2.33. The maximum absolute atomic E-state index is 10.5. The minimum absolute atomic E-state index is 0.288. The molecule has 0 saturated carbocycles. The van der Waals surface area contributed by atoms with Crippen molar-refractivity contribution in [3.63, 3.8) is 0 Å². The normalized spacial score (nSPS) is 15.4. The van der Waals surface area contributed by atoms with Crippen molar-refractivity contribution in [2.45, 2.75) is 26.1 Å². The zero-order valence-electron chi connectivity index (χ0n) is 18.5. The van der Waals surface area contributed by atoms with Crippen molar-refractivity contribution in [2.24, 2.45) is 0 Å². The lowest BCUT2D eigenvalue weighted by molar-refractivity contribution is 0.0168. The number of furan rings is 1. The van der Waals surface area contributed by atoms with Gasteiger partial charge in [0.25, 0.3) is 0 Å². The molecule has 0 bridgehead atoms. The maximum atomic E-state index is 10.5. The van der Waals surface area contributed by atoms with Gasteiger partial charge in [-0.2, -0.15) is 0 Å². The summed E-state index contributed by atoms with van der Waals surface area (Å²) in [5.74, 6) is 1.59. The second-order valence-electron chi connectivity index (χ2n) is 7.84. The van der Waals surface area contributed by atoms with Crippen LogP contribution in [0.15, 0.2) is 57.7 Å². The molecule has 1 aliphatic heterocycles. The molecule has 0 amide bonds. The fourth-order valence-electron chi connectivity index (χ4n) is 3.92. The van der Waals surface area contributed by atoms with Crippen molar-refractivity contribution < 1.29 is 23.5 Å². The molecule has 0 radical (unpaired) electrons. The monoisotopic (exact) mass is 441 g/mol. The van der Waals surface area contributed by atoms with Gasteiger partial charge in [0.1, 0.15) is 11.5 Å². The number of aliphatic hydroxyl groups is 1. The van der Waals surface area contributed by atoms with Crippen LogP contribution >= 0.6 is 0 Å². The number of aliphatic hydroxyl groups excluding tert-OH is 1. The van der Waals surface area contributed by atoms with Crippen molar-refractivity contribution in [3.05, 3.63) is 60.1 Å². The van der Waals surface area contributed by atoms with E-state index in [1.165, 1.54) is 0 Å². The molecule has 1 N–H and O–H groups in total. The molecule has 4 rings (SSSR count). The summed E-state index contributed by atoms with van der Waals surface area (Å²) >= 11 is 0. The van der Waals surface area contributed by atoms with Gasteiger partial charge in [-0.25, -0.2) is 0 Å². The maximum Gasteiger partial charge on any atom is 0.232 e. The molecular formula is C24H31N3O5. The van der Waals surface area contributed by atoms with Gasteiger partial charge in [-0.15, -0.1) is 0 Å². The number of morpholine rings is 1. The zero-order valence-corrected chi connectivity index (χ0v) is 18.5. The average molecular weight is 442 g/mol. The molecule has 3 heterocycles. The van der Waals surface area contributed by atoms with E-state index >= 15 is 0 Å². The number of nitrogens with zero attached hydrogens (tertiary/aromatic N) is 3. The van der Waals surface area contributed by atoms with Crippen molar-refractivity contribution in [2.75, 3.05) is 51.0 Å². The Morgan fingerprint density at radius 3 is 2.66 bits per heavy atom. The molecule has 8 nitrogen and oxygen atoms in total. The number of benzene rings is 1. The van der Waals surface area contributed by atoms with E-state index in [9.17, 15) is 5.11 Å². The Bertz CT molecular complexity index is 923. The molecule has 172 valence electrons. The smallest absolute Gasteiger partial charge is 0.232 e. The highest BCUT2D eigenvalue weighted by molar-refractivity contribution is 5.68. The lowest BCUT2D eigenvalue weighted by atomic mass is 10.1. The van der Waals surface area contributed by atoms with Gasteiger partial charge in [-0.05, 0) is 19.1 Å². The van der Waals surface area contributed by atoms with Gasteiger partial charge in [0.2, 0.25) is 5.88 Å². The largest absolute Gasteiger partial charge is 0.468 e. The van der Waals surface area contributed by atoms with Crippen molar-refractivity contribution >= 4 is 5.88 Å². The molecule has 1 aromatic carbocycles. The van der Waals surface area contributed by atoms with Crippen LogP contribution < -0.4 is 4.90 Å². The fraction of sp³-hybridized carbons (Fsp3) is 0.458. The molecule has 2 aromatic heterocycles. The summed E-state index contributed by atoms with van der Waals surface area (Å²) in [6.07, 6.45) is 1.05. The fourth-order valence-corrected chi connectivity index (χ4v) is 3.92. The van der Waals surface area contributed by atoms with E-state index < -0.39 is 6.10 Å². The highest BCUT2D eigenvalue weighted by atomic mass is 16.5. The van der Waals surface area contributed by atoms with E-state index in [-0.39, 0.29) is 6.61 Å². The molecular weight excluding hydrogens is 410 g/mol. The summed E-state index contributed by atoms with van der Waals surface area (Å²) in [6, 6.07) is 13.9. The Kier molecular flexibility index (Phi) is 7.95. The minimum Gasteiger partial charge on any atom is -0.468 e. The number of aromatic nitrogens is 1. The van der Waals surface area contributed by atoms with Crippen LogP contribution in [0, 0.1) is 0 Å². The van der Waals surface area contributed by atoms with Crippen LogP contribution in [0.1, 0.15) is 18.2 Å². The number of ether oxygens (including phenoxy) is 2. The molecule has 0 unspecified atom stereocenters. The molecule has 8 heteroatoms. The van der Waals surface area contributed by atoms with Gasteiger partial charge >= 0.3 is 0 Å². The van der Waals surface area contributed by atoms with Crippen LogP contribution in [0.4, 0.5) is 5.88 Å². The van der Waals surface area contributed by atoms with E-state index in [4.69, 9.17) is 18.4 Å². The molecule has 1 aliphatic rings. The summed E-state index contributed by atoms with van der Waals surface area (Å²) in [4.78, 5) is 4.32. The molecule has 1 atom stereocenters. The zero-order chi connectivity index (χ0) is 22.2. The second kappa shape index (κ2) is 11.3. The Morgan fingerprint density at radius 1 is 1.12 bits per heavy atom. The third-order valence-corrected chi connectivity index (χ3v) is 5.44. The molecule has 0 aliphatic carbocycles. The first-order valence-corrected chi connectivity index (χ1v) is 11.1. The summed E-state index contributed by atoms with van der Waals surface area (Å²) in [6.45, 7) is 7.13. The van der Waals surface area contributed by atoms with Crippen LogP contribution in [-0.4, -0.2) is 67.3 Å². The predicted octanol–water partition coefficient (Wildman–Crippen LogP) is 3.17. The van der Waals surface area contributed by atoms with E-state index in [0.29, 0.717) is 39.5 Å². The molecule has 1 saturated heterocycles. The summed E-state index contributed by atoms with van der Waals surface area (Å²) in [5, 5.41) is 15.0. The predicted molar refractivity (Wildman–Crippen MR) is 120 cm³/mol. The second-order valence-corrected chi connectivity index (χ2v) is 7.84. The van der Waals surface area contributed by atoms with Gasteiger partial charge in [0, 0.05) is 38.3 Å². The number of hydrogen-bond donors (Lipinski definition) is 1. The number of rotatable bonds is 11. The first-order chi connectivity index (χ1) is 15.7. The first kappa shape index (κ1) is 22.5. The van der Waals surface area contributed by atoms with Crippen LogP contribution in [-0.2, 0) is 22.6 Å². The Morgan fingerprint density at radius 2 is 1.94 bits per heavy atom. The van der Waals surface area contributed by atoms with E-state index in [2.05, 4.69) is 15.0 Å². The third kappa shape index (κ3) is 5.77. The van der Waals surface area contributed by atoms with Crippen LogP contribution in [0.2, 0.25) is 0 Å². The topological polar surface area (TPSA) is 84.3 Å². The third-order valence-electron chi connectivity index (χ3n) is 5.44. The van der Waals surface area contributed by atoms with E-state index in [1.54, 1.807) is 6.26 Å². The van der Waals surface area contributed by atoms with Gasteiger partial charge in [0.15, 0.2) is 0 Å². The Hall–Kier alpha value is -2.65. The number of anilines is 1. The Balaban J connectivity index is 1.63. The van der Waals surface area contributed by atoms with E-state index in [1.807, 2.05) is 49.4 Å².